The molecule has 4 rings (SSSR count). The van der Waals surface area contributed by atoms with Gasteiger partial charge in [-0.2, -0.15) is 0 Å². The van der Waals surface area contributed by atoms with Crippen LogP contribution in [0.15, 0.2) is 96.7 Å². The molecule has 0 radical (unpaired) electrons. The highest BCUT2D eigenvalue weighted by atomic mass is 14.6. The molecular formula is C27H32. The lowest BCUT2D eigenvalue weighted by Gasteiger charge is -2.42. The Morgan fingerprint density at radius 1 is 1.07 bits per heavy atom. The van der Waals surface area contributed by atoms with Crippen molar-refractivity contribution >= 4 is 0 Å². The zero-order chi connectivity index (χ0) is 18.9. The fraction of sp³-hybridized carbons (Fsp3) is 0.407. The van der Waals surface area contributed by atoms with Crippen molar-refractivity contribution in [3.63, 3.8) is 0 Å². The van der Waals surface area contributed by atoms with Crippen molar-refractivity contribution in [3.8, 4) is 0 Å². The van der Waals surface area contributed by atoms with Crippen LogP contribution in [0.1, 0.15) is 39.0 Å². The Labute approximate surface area is 165 Å². The van der Waals surface area contributed by atoms with Crippen molar-refractivity contribution in [3.05, 3.63) is 96.7 Å². The predicted molar refractivity (Wildman–Crippen MR) is 117 cm³/mol. The molecule has 4 unspecified atom stereocenters. The van der Waals surface area contributed by atoms with Gasteiger partial charge < -0.3 is 0 Å². The third kappa shape index (κ3) is 2.90. The van der Waals surface area contributed by atoms with Gasteiger partial charge in [0.1, 0.15) is 0 Å². The molecular weight excluding hydrogens is 324 g/mol. The summed E-state index contributed by atoms with van der Waals surface area (Å²) in [6.45, 7) is 10.4. The second kappa shape index (κ2) is 7.50. The van der Waals surface area contributed by atoms with Gasteiger partial charge in [0.2, 0.25) is 0 Å². The summed E-state index contributed by atoms with van der Waals surface area (Å²) in [4.78, 5) is 0. The average Bonchev–Trinajstić information content (AvgIpc) is 3.32. The molecule has 0 bridgehead atoms. The molecule has 0 N–H and O–H groups in total. The number of rotatable bonds is 5. The molecule has 4 aliphatic carbocycles. The summed E-state index contributed by atoms with van der Waals surface area (Å²) in [5.41, 5.74) is 4.88. The zero-order valence-corrected chi connectivity index (χ0v) is 16.6. The number of hydrogen-bond acceptors (Lipinski definition) is 0. The van der Waals surface area contributed by atoms with E-state index in [1.165, 1.54) is 43.3 Å². The molecule has 0 saturated heterocycles. The van der Waals surface area contributed by atoms with Gasteiger partial charge in [0, 0.05) is 5.92 Å². The molecule has 0 aromatic carbocycles. The summed E-state index contributed by atoms with van der Waals surface area (Å²) >= 11 is 0. The van der Waals surface area contributed by atoms with Crippen molar-refractivity contribution in [2.45, 2.75) is 39.0 Å². The van der Waals surface area contributed by atoms with E-state index in [2.05, 4.69) is 74.8 Å². The summed E-state index contributed by atoms with van der Waals surface area (Å²) in [6, 6.07) is 0. The van der Waals surface area contributed by atoms with E-state index < -0.39 is 0 Å². The van der Waals surface area contributed by atoms with Gasteiger partial charge in [-0.3, -0.25) is 0 Å². The van der Waals surface area contributed by atoms with Gasteiger partial charge in [-0.1, -0.05) is 105 Å². The lowest BCUT2D eigenvalue weighted by Crippen LogP contribution is -2.35. The van der Waals surface area contributed by atoms with Crippen LogP contribution in [0.5, 0.6) is 0 Å². The van der Waals surface area contributed by atoms with Crippen molar-refractivity contribution < 1.29 is 0 Å². The predicted octanol–water partition coefficient (Wildman–Crippen LogP) is 7.28. The van der Waals surface area contributed by atoms with E-state index in [1.54, 1.807) is 5.57 Å². The Morgan fingerprint density at radius 3 is 2.56 bits per heavy atom. The lowest BCUT2D eigenvalue weighted by atomic mass is 9.61. The summed E-state index contributed by atoms with van der Waals surface area (Å²) in [6.07, 6.45) is 31.2. The second-order valence-electron chi connectivity index (χ2n) is 8.67. The van der Waals surface area contributed by atoms with Crippen LogP contribution in [-0.4, -0.2) is 0 Å². The smallest absolute Gasteiger partial charge is 0.000130 e. The maximum absolute atomic E-state index is 3.89. The van der Waals surface area contributed by atoms with Gasteiger partial charge in [0.15, 0.2) is 0 Å². The van der Waals surface area contributed by atoms with Crippen LogP contribution in [0.2, 0.25) is 0 Å². The first-order chi connectivity index (χ1) is 13.2. The third-order valence-corrected chi connectivity index (χ3v) is 7.47. The molecule has 4 atom stereocenters. The van der Waals surface area contributed by atoms with E-state index in [4.69, 9.17) is 0 Å². The third-order valence-electron chi connectivity index (χ3n) is 7.47. The maximum Gasteiger partial charge on any atom is 0.000130 e. The van der Waals surface area contributed by atoms with Gasteiger partial charge in [-0.15, -0.1) is 0 Å². The van der Waals surface area contributed by atoms with Gasteiger partial charge in [0.25, 0.3) is 0 Å². The minimum Gasteiger partial charge on any atom is -0.0991 e. The molecule has 0 heteroatoms. The van der Waals surface area contributed by atoms with Gasteiger partial charge in [0.05, 0.1) is 0 Å². The van der Waals surface area contributed by atoms with E-state index in [1.807, 2.05) is 12.2 Å². The van der Waals surface area contributed by atoms with Crippen LogP contribution in [0.4, 0.5) is 0 Å². The molecule has 0 heterocycles. The fourth-order valence-electron chi connectivity index (χ4n) is 6.49. The maximum atomic E-state index is 3.89. The second-order valence-corrected chi connectivity index (χ2v) is 8.67. The van der Waals surface area contributed by atoms with E-state index in [0.29, 0.717) is 17.8 Å². The SMILES string of the molecule is C=CC=CC1=CC=CC2C3CC=CC(C=CC=C)=C3C(C)(C3CCCC3)C12. The minimum absolute atomic E-state index is 0.236. The topological polar surface area (TPSA) is 0 Å². The molecule has 0 aliphatic heterocycles. The monoisotopic (exact) mass is 356 g/mol. The highest BCUT2D eigenvalue weighted by Crippen LogP contribution is 2.66. The Morgan fingerprint density at radius 2 is 1.81 bits per heavy atom. The molecule has 0 amide bonds. The van der Waals surface area contributed by atoms with Crippen molar-refractivity contribution in [2.75, 3.05) is 0 Å². The quantitative estimate of drug-likeness (QED) is 0.454. The van der Waals surface area contributed by atoms with Crippen LogP contribution in [0.3, 0.4) is 0 Å². The van der Waals surface area contributed by atoms with Gasteiger partial charge in [-0.05, 0) is 53.6 Å². The Hall–Kier alpha value is -2.08. The summed E-state index contributed by atoms with van der Waals surface area (Å²) in [5.74, 6) is 2.61. The molecule has 0 aromatic rings. The number of hydrogen-bond donors (Lipinski definition) is 0. The Balaban J connectivity index is 1.90. The first kappa shape index (κ1) is 18.3. The van der Waals surface area contributed by atoms with E-state index in [-0.39, 0.29) is 5.41 Å². The minimum atomic E-state index is 0.236. The standard InChI is InChI=1S/C27H32/c1-4-6-12-20-14-10-18-23-24-19-11-15-21(13-7-5-2)26(24)27(3,25(20)23)22-16-8-9-17-22/h4-7,10-15,18,22-25H,1-2,8-9,16-17,19H2,3H3. The number of fused-ring (bicyclic) bond motifs is 3. The first-order valence-electron chi connectivity index (χ1n) is 10.6. The molecule has 2 saturated carbocycles. The molecule has 4 aliphatic rings. The van der Waals surface area contributed by atoms with E-state index in [0.717, 1.165) is 5.92 Å². The van der Waals surface area contributed by atoms with Crippen LogP contribution in [0, 0.1) is 29.1 Å². The van der Waals surface area contributed by atoms with Crippen molar-refractivity contribution in [2.24, 2.45) is 29.1 Å². The fourth-order valence-corrected chi connectivity index (χ4v) is 6.49. The van der Waals surface area contributed by atoms with Gasteiger partial charge in [-0.25, -0.2) is 0 Å². The van der Waals surface area contributed by atoms with E-state index >= 15 is 0 Å². The largest absolute Gasteiger partial charge is 0.0991 e. The summed E-state index contributed by atoms with van der Waals surface area (Å²) in [7, 11) is 0. The molecule has 0 aromatic heterocycles. The van der Waals surface area contributed by atoms with E-state index in [9.17, 15) is 0 Å². The number of allylic oxidation sites excluding steroid dienone is 14. The summed E-state index contributed by atoms with van der Waals surface area (Å²) in [5, 5.41) is 0. The van der Waals surface area contributed by atoms with Crippen LogP contribution in [-0.2, 0) is 0 Å². The molecule has 0 nitrogen and oxygen atoms in total. The van der Waals surface area contributed by atoms with Crippen LogP contribution >= 0.6 is 0 Å². The molecule has 2 fully saturated rings. The lowest BCUT2D eigenvalue weighted by molar-refractivity contribution is 0.177. The first-order valence-corrected chi connectivity index (χ1v) is 10.6. The van der Waals surface area contributed by atoms with Gasteiger partial charge >= 0.3 is 0 Å². The highest BCUT2D eigenvalue weighted by Gasteiger charge is 2.58. The molecule has 140 valence electrons. The average molecular weight is 357 g/mol. The van der Waals surface area contributed by atoms with Crippen molar-refractivity contribution in [1.29, 1.82) is 0 Å². The Bertz CT molecular complexity index is 788. The summed E-state index contributed by atoms with van der Waals surface area (Å²) < 4.78 is 0. The molecule has 0 spiro atoms. The van der Waals surface area contributed by atoms with Crippen LogP contribution < -0.4 is 0 Å². The normalized spacial score (nSPS) is 35.7. The zero-order valence-electron chi connectivity index (χ0n) is 16.6. The van der Waals surface area contributed by atoms with Crippen LogP contribution in [0.25, 0.3) is 0 Å². The Kier molecular flexibility index (Phi) is 5.08. The highest BCUT2D eigenvalue weighted by molar-refractivity contribution is 5.52. The van der Waals surface area contributed by atoms with Crippen molar-refractivity contribution in [1.82, 2.24) is 0 Å². The molecule has 27 heavy (non-hydrogen) atoms.